The lowest BCUT2D eigenvalue weighted by molar-refractivity contribution is -0.115. The van der Waals surface area contributed by atoms with Crippen LogP contribution in [0.4, 0.5) is 16.8 Å². The molecule has 25 heavy (non-hydrogen) atoms. The number of thiazole rings is 1. The maximum atomic E-state index is 11.5. The van der Waals surface area contributed by atoms with E-state index in [9.17, 15) is 4.79 Å². The Hall–Kier alpha value is -2.80. The minimum absolute atomic E-state index is 0.0470. The summed E-state index contributed by atoms with van der Waals surface area (Å²) in [5, 5.41) is 6.61. The Morgan fingerprint density at radius 1 is 1.16 bits per heavy atom. The number of hydrogen-bond donors (Lipinski definition) is 2. The molecule has 0 radical (unpaired) electrons. The minimum Gasteiger partial charge on any atom is -0.325 e. The highest BCUT2D eigenvalue weighted by Gasteiger charge is 2.13. The molecule has 0 aliphatic carbocycles. The Kier molecular flexibility index (Phi) is 5.04. The molecule has 0 saturated carbocycles. The van der Waals surface area contributed by atoms with Crippen LogP contribution in [0.15, 0.2) is 36.5 Å². The molecule has 128 valence electrons. The van der Waals surface area contributed by atoms with Gasteiger partial charge in [-0.3, -0.25) is 4.79 Å². The number of aromatic nitrogens is 3. The summed E-state index contributed by atoms with van der Waals surface area (Å²) in [6, 6.07) is 9.67. The molecule has 6 nitrogen and oxygen atoms in total. The van der Waals surface area contributed by atoms with Gasteiger partial charge < -0.3 is 10.6 Å². The first-order valence-electron chi connectivity index (χ1n) is 7.99. The van der Waals surface area contributed by atoms with E-state index in [-0.39, 0.29) is 5.91 Å². The number of anilines is 3. The lowest BCUT2D eigenvalue weighted by atomic mass is 10.2. The second-order valence-corrected chi connectivity index (χ2v) is 6.59. The Labute approximate surface area is 150 Å². The number of carbonyl (C=O) groups is 1. The predicted molar refractivity (Wildman–Crippen MR) is 101 cm³/mol. The van der Waals surface area contributed by atoms with Crippen LogP contribution in [0.25, 0.3) is 10.6 Å². The Balaban J connectivity index is 1.85. The molecule has 0 atom stereocenters. The highest BCUT2D eigenvalue weighted by Crippen LogP contribution is 2.32. The predicted octanol–water partition coefficient (Wildman–Crippen LogP) is 4.31. The van der Waals surface area contributed by atoms with Crippen molar-refractivity contribution in [1.82, 2.24) is 15.0 Å². The maximum Gasteiger partial charge on any atom is 0.225 e. The number of nitrogens with zero attached hydrogens (tertiary/aromatic N) is 3. The average molecular weight is 353 g/mol. The van der Waals surface area contributed by atoms with Crippen molar-refractivity contribution in [3.05, 3.63) is 47.8 Å². The van der Waals surface area contributed by atoms with Gasteiger partial charge in [-0.15, -0.1) is 0 Å². The van der Waals surface area contributed by atoms with Gasteiger partial charge in [-0.05, 0) is 43.7 Å². The fourth-order valence-electron chi connectivity index (χ4n) is 2.26. The molecule has 0 fully saturated rings. The van der Waals surface area contributed by atoms with Crippen LogP contribution < -0.4 is 10.6 Å². The SMILES string of the molecule is CCC(=O)Nc1nc(C)c(-c2cccc(Nc3cc(C)ccn3)n2)s1. The lowest BCUT2D eigenvalue weighted by Crippen LogP contribution is -2.08. The number of aryl methyl sites for hydroxylation is 2. The van der Waals surface area contributed by atoms with Gasteiger partial charge in [0, 0.05) is 12.6 Å². The Morgan fingerprint density at radius 3 is 2.76 bits per heavy atom. The van der Waals surface area contributed by atoms with Gasteiger partial charge in [-0.2, -0.15) is 0 Å². The van der Waals surface area contributed by atoms with Crippen molar-refractivity contribution < 1.29 is 4.79 Å². The molecular weight excluding hydrogens is 334 g/mol. The molecule has 3 heterocycles. The van der Waals surface area contributed by atoms with Crippen LogP contribution in [0.2, 0.25) is 0 Å². The zero-order chi connectivity index (χ0) is 17.8. The molecule has 0 aliphatic heterocycles. The molecule has 0 unspecified atom stereocenters. The Morgan fingerprint density at radius 2 is 2.00 bits per heavy atom. The normalized spacial score (nSPS) is 10.5. The fraction of sp³-hybridized carbons (Fsp3) is 0.222. The molecule has 0 aliphatic rings. The lowest BCUT2D eigenvalue weighted by Gasteiger charge is -2.07. The summed E-state index contributed by atoms with van der Waals surface area (Å²) in [6.45, 7) is 5.74. The molecule has 3 aromatic rings. The molecule has 0 saturated heterocycles. The molecular formula is C18H19N5OS. The molecule has 2 N–H and O–H groups in total. The quantitative estimate of drug-likeness (QED) is 0.714. The topological polar surface area (TPSA) is 79.8 Å². The van der Waals surface area contributed by atoms with Crippen LogP contribution in [0.1, 0.15) is 24.6 Å². The van der Waals surface area contributed by atoms with Crippen molar-refractivity contribution in [2.75, 3.05) is 10.6 Å². The average Bonchev–Trinajstić information content (AvgIpc) is 2.95. The fourth-order valence-corrected chi connectivity index (χ4v) is 3.21. The number of carbonyl (C=O) groups excluding carboxylic acids is 1. The second kappa shape index (κ2) is 7.40. The molecule has 3 rings (SSSR count). The smallest absolute Gasteiger partial charge is 0.225 e. The van der Waals surface area contributed by atoms with Crippen LogP contribution in [0.5, 0.6) is 0 Å². The van der Waals surface area contributed by atoms with Gasteiger partial charge >= 0.3 is 0 Å². The molecule has 1 amide bonds. The van der Waals surface area contributed by atoms with Crippen molar-refractivity contribution >= 4 is 34.0 Å². The van der Waals surface area contributed by atoms with Crippen LogP contribution in [0.3, 0.4) is 0 Å². The van der Waals surface area contributed by atoms with E-state index in [0.29, 0.717) is 17.4 Å². The number of nitrogens with one attached hydrogen (secondary N) is 2. The second-order valence-electron chi connectivity index (χ2n) is 5.59. The zero-order valence-corrected chi connectivity index (χ0v) is 15.1. The van der Waals surface area contributed by atoms with E-state index in [2.05, 4.69) is 25.6 Å². The molecule has 0 spiro atoms. The van der Waals surface area contributed by atoms with Crippen molar-refractivity contribution in [3.63, 3.8) is 0 Å². The largest absolute Gasteiger partial charge is 0.325 e. The highest BCUT2D eigenvalue weighted by atomic mass is 32.1. The van der Waals surface area contributed by atoms with Crippen molar-refractivity contribution in [3.8, 4) is 10.6 Å². The van der Waals surface area contributed by atoms with Gasteiger partial charge in [0.05, 0.1) is 16.3 Å². The van der Waals surface area contributed by atoms with E-state index in [1.54, 1.807) is 6.20 Å². The molecule has 0 bridgehead atoms. The first kappa shape index (κ1) is 17.0. The Bertz CT molecular complexity index is 906. The summed E-state index contributed by atoms with van der Waals surface area (Å²) >= 11 is 1.42. The van der Waals surface area contributed by atoms with Gasteiger partial charge in [-0.25, -0.2) is 15.0 Å². The van der Waals surface area contributed by atoms with Crippen molar-refractivity contribution in [1.29, 1.82) is 0 Å². The highest BCUT2D eigenvalue weighted by molar-refractivity contribution is 7.19. The van der Waals surface area contributed by atoms with Gasteiger partial charge in [0.25, 0.3) is 0 Å². The van der Waals surface area contributed by atoms with Crippen molar-refractivity contribution in [2.24, 2.45) is 0 Å². The van der Waals surface area contributed by atoms with Crippen LogP contribution >= 0.6 is 11.3 Å². The van der Waals surface area contributed by atoms with E-state index in [0.717, 1.165) is 27.6 Å². The summed E-state index contributed by atoms with van der Waals surface area (Å²) < 4.78 is 0. The van der Waals surface area contributed by atoms with E-state index in [4.69, 9.17) is 0 Å². The van der Waals surface area contributed by atoms with Gasteiger partial charge in [-0.1, -0.05) is 24.3 Å². The van der Waals surface area contributed by atoms with Gasteiger partial charge in [0.2, 0.25) is 5.91 Å². The summed E-state index contributed by atoms with van der Waals surface area (Å²) in [4.78, 5) is 25.8. The number of amides is 1. The zero-order valence-electron chi connectivity index (χ0n) is 14.3. The van der Waals surface area contributed by atoms with Crippen LogP contribution in [-0.4, -0.2) is 20.9 Å². The van der Waals surface area contributed by atoms with Crippen LogP contribution in [-0.2, 0) is 4.79 Å². The van der Waals surface area contributed by atoms with Gasteiger partial charge in [0.1, 0.15) is 11.6 Å². The third-order valence-electron chi connectivity index (χ3n) is 3.52. The molecule has 3 aromatic heterocycles. The van der Waals surface area contributed by atoms with E-state index >= 15 is 0 Å². The first-order valence-corrected chi connectivity index (χ1v) is 8.81. The standard InChI is InChI=1S/C18H19N5OS/c1-4-16(24)23-18-20-12(3)17(25-18)13-6-5-7-14(21-13)22-15-10-11(2)8-9-19-15/h5-10H,4H2,1-3H3,(H,19,21,22)(H,20,23,24). The van der Waals surface area contributed by atoms with E-state index < -0.39 is 0 Å². The summed E-state index contributed by atoms with van der Waals surface area (Å²) in [5.74, 6) is 1.42. The number of hydrogen-bond acceptors (Lipinski definition) is 6. The number of rotatable bonds is 5. The van der Waals surface area contributed by atoms with Crippen LogP contribution in [0, 0.1) is 13.8 Å². The van der Waals surface area contributed by atoms with E-state index in [1.165, 1.54) is 11.3 Å². The molecule has 7 heteroatoms. The van der Waals surface area contributed by atoms with Gasteiger partial charge in [0.15, 0.2) is 5.13 Å². The third kappa shape index (κ3) is 4.19. The van der Waals surface area contributed by atoms with Crippen molar-refractivity contribution in [2.45, 2.75) is 27.2 Å². The summed E-state index contributed by atoms with van der Waals surface area (Å²) in [6.07, 6.45) is 2.19. The summed E-state index contributed by atoms with van der Waals surface area (Å²) in [5.41, 5.74) is 2.78. The third-order valence-corrected chi connectivity index (χ3v) is 4.61. The number of pyridine rings is 2. The summed E-state index contributed by atoms with van der Waals surface area (Å²) in [7, 11) is 0. The maximum absolute atomic E-state index is 11.5. The van der Waals surface area contributed by atoms with E-state index in [1.807, 2.05) is 51.1 Å². The molecule has 0 aromatic carbocycles. The monoisotopic (exact) mass is 353 g/mol. The first-order chi connectivity index (χ1) is 12.0. The minimum atomic E-state index is -0.0470.